The highest BCUT2D eigenvalue weighted by Gasteiger charge is 2.49. The van der Waals surface area contributed by atoms with E-state index in [0.29, 0.717) is 0 Å². The second-order valence-corrected chi connectivity index (χ2v) is 5.06. The van der Waals surface area contributed by atoms with Crippen molar-refractivity contribution in [3.8, 4) is 0 Å². The zero-order valence-corrected chi connectivity index (χ0v) is 10.2. The molecule has 1 aliphatic rings. The monoisotopic (exact) mass is 286 g/mol. The Bertz CT molecular complexity index is 404. The molecule has 0 bridgehead atoms. The predicted octanol–water partition coefficient (Wildman–Crippen LogP) is 2.42. The molecule has 2 unspecified atom stereocenters. The molecule has 1 aliphatic carbocycles. The highest BCUT2D eigenvalue weighted by molar-refractivity contribution is 9.10. The molecule has 1 saturated carbocycles. The first kappa shape index (κ1) is 11.7. The molecule has 1 fully saturated rings. The Balaban J connectivity index is 2.20. The van der Waals surface area contributed by atoms with Crippen molar-refractivity contribution in [3.05, 3.63) is 34.3 Å². The number of ketones is 1. The molecule has 86 valence electrons. The third-order valence-electron chi connectivity index (χ3n) is 3.01. The summed E-state index contributed by atoms with van der Waals surface area (Å²) in [6.45, 7) is 0. The van der Waals surface area contributed by atoms with Crippen LogP contribution in [0.3, 0.4) is 0 Å². The third kappa shape index (κ3) is 2.04. The van der Waals surface area contributed by atoms with Crippen molar-refractivity contribution < 1.29 is 14.3 Å². The van der Waals surface area contributed by atoms with E-state index in [1.807, 2.05) is 0 Å². The molecule has 0 saturated heterocycles. The Morgan fingerprint density at radius 3 is 2.56 bits per heavy atom. The van der Waals surface area contributed by atoms with Gasteiger partial charge in [-0.05, 0) is 24.1 Å². The summed E-state index contributed by atoms with van der Waals surface area (Å²) in [6, 6.07) is 7.10. The summed E-state index contributed by atoms with van der Waals surface area (Å²) in [5.41, 5.74) is -1.37. The maximum Gasteiger partial charge on any atom is 0.198 e. The first-order valence-electron chi connectivity index (χ1n) is 5.17. The minimum absolute atomic E-state index is 0.0414. The van der Waals surface area contributed by atoms with Crippen LogP contribution in [0.1, 0.15) is 18.4 Å². The average molecular weight is 287 g/mol. The molecule has 0 radical (unpaired) electrons. The van der Waals surface area contributed by atoms with Crippen LogP contribution < -0.4 is 0 Å². The molecule has 4 heteroatoms. The Labute approximate surface area is 102 Å². The van der Waals surface area contributed by atoms with Crippen molar-refractivity contribution in [3.63, 3.8) is 0 Å². The van der Waals surface area contributed by atoms with Gasteiger partial charge in [0.05, 0.1) is 6.10 Å². The number of hydrogen-bond acceptors (Lipinski definition) is 2. The Morgan fingerprint density at radius 1 is 1.44 bits per heavy atom. The van der Waals surface area contributed by atoms with E-state index in [0.717, 1.165) is 10.0 Å². The molecule has 1 aromatic rings. The number of carbonyl (C=O) groups excluding carboxylic acids is 1. The van der Waals surface area contributed by atoms with E-state index in [2.05, 4.69) is 15.9 Å². The maximum atomic E-state index is 14.3. The SMILES string of the molecule is O=C1CCC(O)C1(F)Cc1ccc(Br)cc1. The fourth-order valence-corrected chi connectivity index (χ4v) is 2.27. The van der Waals surface area contributed by atoms with Crippen LogP contribution in [0.15, 0.2) is 28.7 Å². The molecule has 0 aromatic heterocycles. The van der Waals surface area contributed by atoms with Gasteiger partial charge in [0.25, 0.3) is 0 Å². The fraction of sp³-hybridized carbons (Fsp3) is 0.417. The first-order chi connectivity index (χ1) is 7.52. The molecule has 16 heavy (non-hydrogen) atoms. The Kier molecular flexibility index (Phi) is 3.13. The Morgan fingerprint density at radius 2 is 2.06 bits per heavy atom. The summed E-state index contributed by atoms with van der Waals surface area (Å²) in [5, 5.41) is 9.53. The second kappa shape index (κ2) is 4.26. The lowest BCUT2D eigenvalue weighted by molar-refractivity contribution is -0.131. The van der Waals surface area contributed by atoms with E-state index >= 15 is 0 Å². The van der Waals surface area contributed by atoms with Crippen LogP contribution in [0, 0.1) is 0 Å². The van der Waals surface area contributed by atoms with E-state index in [4.69, 9.17) is 0 Å². The van der Waals surface area contributed by atoms with Gasteiger partial charge in [-0.1, -0.05) is 28.1 Å². The molecule has 0 spiro atoms. The van der Waals surface area contributed by atoms with Crippen LogP contribution in [0.2, 0.25) is 0 Å². The topological polar surface area (TPSA) is 37.3 Å². The zero-order chi connectivity index (χ0) is 11.8. The summed E-state index contributed by atoms with van der Waals surface area (Å²) in [4.78, 5) is 11.4. The van der Waals surface area contributed by atoms with Crippen molar-refractivity contribution in [1.82, 2.24) is 0 Å². The molecule has 1 aromatic carbocycles. The average Bonchev–Trinajstić information content (AvgIpc) is 2.50. The lowest BCUT2D eigenvalue weighted by Crippen LogP contribution is -2.41. The smallest absolute Gasteiger partial charge is 0.198 e. The van der Waals surface area contributed by atoms with Crippen LogP contribution in [0.4, 0.5) is 4.39 Å². The predicted molar refractivity (Wildman–Crippen MR) is 61.9 cm³/mol. The molecule has 0 heterocycles. The molecular weight excluding hydrogens is 275 g/mol. The summed E-state index contributed by atoms with van der Waals surface area (Å²) >= 11 is 3.29. The van der Waals surface area contributed by atoms with E-state index in [1.54, 1.807) is 24.3 Å². The Hall–Kier alpha value is -0.740. The standard InChI is InChI=1S/C12H12BrFO2/c13-9-3-1-8(2-4-9)7-12(14)10(15)5-6-11(12)16/h1-4,10,15H,5-7H2. The van der Waals surface area contributed by atoms with Crippen molar-refractivity contribution >= 4 is 21.7 Å². The summed E-state index contributed by atoms with van der Waals surface area (Å²) < 4.78 is 15.2. The van der Waals surface area contributed by atoms with E-state index in [9.17, 15) is 14.3 Å². The summed E-state index contributed by atoms with van der Waals surface area (Å²) in [7, 11) is 0. The van der Waals surface area contributed by atoms with Gasteiger partial charge in [0.15, 0.2) is 11.5 Å². The quantitative estimate of drug-likeness (QED) is 0.907. The number of Topliss-reactive ketones (excluding diaryl/α,β-unsaturated/α-hetero) is 1. The molecule has 2 atom stereocenters. The van der Waals surface area contributed by atoms with Crippen molar-refractivity contribution in [2.45, 2.75) is 31.0 Å². The minimum Gasteiger partial charge on any atom is -0.389 e. The number of halogens is 2. The number of aliphatic hydroxyl groups is 1. The van der Waals surface area contributed by atoms with Crippen LogP contribution in [-0.4, -0.2) is 22.7 Å². The number of alkyl halides is 1. The van der Waals surface area contributed by atoms with Crippen LogP contribution >= 0.6 is 15.9 Å². The molecule has 2 rings (SSSR count). The van der Waals surface area contributed by atoms with Gasteiger partial charge in [0, 0.05) is 17.3 Å². The van der Waals surface area contributed by atoms with Crippen molar-refractivity contribution in [2.75, 3.05) is 0 Å². The lowest BCUT2D eigenvalue weighted by atomic mass is 9.92. The van der Waals surface area contributed by atoms with Gasteiger partial charge in [-0.25, -0.2) is 4.39 Å². The number of carbonyl (C=O) groups is 1. The number of hydrogen-bond donors (Lipinski definition) is 1. The van der Waals surface area contributed by atoms with Gasteiger partial charge >= 0.3 is 0 Å². The van der Waals surface area contributed by atoms with Gasteiger partial charge < -0.3 is 5.11 Å². The molecule has 0 aliphatic heterocycles. The lowest BCUT2D eigenvalue weighted by Gasteiger charge is -2.21. The van der Waals surface area contributed by atoms with Crippen molar-refractivity contribution in [2.24, 2.45) is 0 Å². The zero-order valence-electron chi connectivity index (χ0n) is 8.62. The van der Waals surface area contributed by atoms with Crippen molar-refractivity contribution in [1.29, 1.82) is 0 Å². The molecule has 1 N–H and O–H groups in total. The third-order valence-corrected chi connectivity index (χ3v) is 3.54. The van der Waals surface area contributed by atoms with Gasteiger partial charge in [-0.15, -0.1) is 0 Å². The van der Waals surface area contributed by atoms with Gasteiger partial charge in [0.2, 0.25) is 0 Å². The number of aliphatic hydroxyl groups excluding tert-OH is 1. The largest absolute Gasteiger partial charge is 0.389 e. The van der Waals surface area contributed by atoms with Gasteiger partial charge in [-0.2, -0.15) is 0 Å². The summed E-state index contributed by atoms with van der Waals surface area (Å²) in [6.07, 6.45) is -0.844. The maximum absolute atomic E-state index is 14.3. The van der Waals surface area contributed by atoms with Crippen LogP contribution in [-0.2, 0) is 11.2 Å². The van der Waals surface area contributed by atoms with E-state index in [-0.39, 0.29) is 19.3 Å². The molecular formula is C12H12BrFO2. The second-order valence-electron chi connectivity index (χ2n) is 4.14. The summed E-state index contributed by atoms with van der Waals surface area (Å²) in [5.74, 6) is -0.483. The highest BCUT2D eigenvalue weighted by Crippen LogP contribution is 2.34. The molecule has 0 amide bonds. The highest BCUT2D eigenvalue weighted by atomic mass is 79.9. The van der Waals surface area contributed by atoms with Gasteiger partial charge in [-0.3, -0.25) is 4.79 Å². The van der Waals surface area contributed by atoms with Crippen LogP contribution in [0.25, 0.3) is 0 Å². The number of benzene rings is 1. The van der Waals surface area contributed by atoms with Gasteiger partial charge in [0.1, 0.15) is 0 Å². The van der Waals surface area contributed by atoms with E-state index < -0.39 is 17.6 Å². The first-order valence-corrected chi connectivity index (χ1v) is 5.96. The van der Waals surface area contributed by atoms with E-state index in [1.165, 1.54) is 0 Å². The minimum atomic E-state index is -2.09. The number of rotatable bonds is 2. The molecule has 2 nitrogen and oxygen atoms in total. The fourth-order valence-electron chi connectivity index (χ4n) is 2.01. The van der Waals surface area contributed by atoms with Crippen LogP contribution in [0.5, 0.6) is 0 Å². The normalized spacial score (nSPS) is 29.7.